The fraction of sp³-hybridized carbons (Fsp3) is 0.263. The van der Waals surface area contributed by atoms with Crippen molar-refractivity contribution in [3.63, 3.8) is 0 Å². The van der Waals surface area contributed by atoms with Crippen molar-refractivity contribution in [2.24, 2.45) is 5.92 Å². The highest BCUT2D eigenvalue weighted by atomic mass is 32.2. The van der Waals surface area contributed by atoms with Crippen molar-refractivity contribution in [1.82, 2.24) is 10.0 Å². The van der Waals surface area contributed by atoms with Crippen molar-refractivity contribution in [2.75, 3.05) is 18.4 Å². The number of carbonyl (C=O) groups is 2. The van der Waals surface area contributed by atoms with Crippen LogP contribution in [0, 0.1) is 5.92 Å². The molecule has 7 nitrogen and oxygen atoms in total. The van der Waals surface area contributed by atoms with E-state index < -0.39 is 10.0 Å². The van der Waals surface area contributed by atoms with Crippen molar-refractivity contribution in [3.05, 3.63) is 60.2 Å². The van der Waals surface area contributed by atoms with Gasteiger partial charge in [-0.2, -0.15) is 0 Å². The van der Waals surface area contributed by atoms with Gasteiger partial charge in [0.2, 0.25) is 15.9 Å². The van der Waals surface area contributed by atoms with E-state index >= 15 is 0 Å². The molecule has 0 aliphatic carbocycles. The molecule has 2 aromatic carbocycles. The zero-order valence-corrected chi connectivity index (χ0v) is 16.0. The molecule has 3 N–H and O–H groups in total. The second-order valence-corrected chi connectivity index (χ2v) is 7.95. The quantitative estimate of drug-likeness (QED) is 0.601. The minimum Gasteiger partial charge on any atom is -0.351 e. The summed E-state index contributed by atoms with van der Waals surface area (Å²) in [4.78, 5) is 23.9. The van der Waals surface area contributed by atoms with Gasteiger partial charge in [-0.05, 0) is 36.4 Å². The van der Waals surface area contributed by atoms with E-state index in [0.29, 0.717) is 11.3 Å². The Balaban J connectivity index is 1.81. The molecule has 2 rings (SSSR count). The molecule has 0 radical (unpaired) electrons. The first kappa shape index (κ1) is 20.6. The first-order valence-corrected chi connectivity index (χ1v) is 10.0. The molecule has 2 aromatic rings. The Kier molecular flexibility index (Phi) is 7.09. The highest BCUT2D eigenvalue weighted by Crippen LogP contribution is 2.11. The Morgan fingerprint density at radius 2 is 1.56 bits per heavy atom. The van der Waals surface area contributed by atoms with Crippen LogP contribution in [0.3, 0.4) is 0 Å². The van der Waals surface area contributed by atoms with E-state index in [1.54, 1.807) is 56.3 Å². The molecule has 0 aliphatic heterocycles. The van der Waals surface area contributed by atoms with E-state index in [0.717, 1.165) is 0 Å². The number of hydrogen-bond acceptors (Lipinski definition) is 4. The van der Waals surface area contributed by atoms with Gasteiger partial charge in [0, 0.05) is 30.3 Å². The van der Waals surface area contributed by atoms with Crippen LogP contribution < -0.4 is 15.4 Å². The van der Waals surface area contributed by atoms with E-state index in [1.807, 2.05) is 0 Å². The largest absolute Gasteiger partial charge is 0.351 e. The standard InChI is InChI=1S/C19H23N3O4S/c1-14(2)18(23)22-16-10-8-15(9-11-16)19(24)20-12-13-21-27(25,26)17-6-4-3-5-7-17/h3-11,14,21H,12-13H2,1-2H3,(H,20,24)(H,22,23). The Morgan fingerprint density at radius 3 is 2.15 bits per heavy atom. The Labute approximate surface area is 159 Å². The van der Waals surface area contributed by atoms with E-state index in [2.05, 4.69) is 15.4 Å². The van der Waals surface area contributed by atoms with Crippen LogP contribution in [0.25, 0.3) is 0 Å². The molecule has 0 fully saturated rings. The monoisotopic (exact) mass is 389 g/mol. The number of amides is 2. The van der Waals surface area contributed by atoms with Gasteiger partial charge < -0.3 is 10.6 Å². The molecule has 0 bridgehead atoms. The highest BCUT2D eigenvalue weighted by molar-refractivity contribution is 7.89. The zero-order valence-electron chi connectivity index (χ0n) is 15.2. The zero-order chi connectivity index (χ0) is 19.9. The van der Waals surface area contributed by atoms with Gasteiger partial charge in [-0.25, -0.2) is 13.1 Å². The van der Waals surface area contributed by atoms with Crippen molar-refractivity contribution < 1.29 is 18.0 Å². The molecule has 0 unspecified atom stereocenters. The summed E-state index contributed by atoms with van der Waals surface area (Å²) in [6, 6.07) is 14.5. The van der Waals surface area contributed by atoms with E-state index in [4.69, 9.17) is 0 Å². The minimum absolute atomic E-state index is 0.0749. The summed E-state index contributed by atoms with van der Waals surface area (Å²) >= 11 is 0. The van der Waals surface area contributed by atoms with Gasteiger partial charge in [-0.1, -0.05) is 32.0 Å². The SMILES string of the molecule is CC(C)C(=O)Nc1ccc(C(=O)NCCNS(=O)(=O)c2ccccc2)cc1. The highest BCUT2D eigenvalue weighted by Gasteiger charge is 2.13. The van der Waals surface area contributed by atoms with Crippen molar-refractivity contribution in [3.8, 4) is 0 Å². The van der Waals surface area contributed by atoms with Gasteiger partial charge >= 0.3 is 0 Å². The van der Waals surface area contributed by atoms with Crippen LogP contribution >= 0.6 is 0 Å². The number of rotatable bonds is 8. The molecule has 8 heteroatoms. The Hall–Kier alpha value is -2.71. The van der Waals surface area contributed by atoms with Crippen molar-refractivity contribution >= 4 is 27.5 Å². The van der Waals surface area contributed by atoms with Gasteiger partial charge in [0.15, 0.2) is 0 Å². The fourth-order valence-corrected chi connectivity index (χ4v) is 3.19. The van der Waals surface area contributed by atoms with Gasteiger partial charge in [-0.15, -0.1) is 0 Å². The van der Waals surface area contributed by atoms with Crippen LogP contribution in [0.15, 0.2) is 59.5 Å². The predicted octanol–water partition coefficient (Wildman–Crippen LogP) is 1.99. The molecular weight excluding hydrogens is 366 g/mol. The van der Waals surface area contributed by atoms with Crippen molar-refractivity contribution in [1.29, 1.82) is 0 Å². The molecule has 0 aromatic heterocycles. The van der Waals surface area contributed by atoms with Gasteiger partial charge in [0.05, 0.1) is 4.90 Å². The number of anilines is 1. The normalized spacial score (nSPS) is 11.2. The lowest BCUT2D eigenvalue weighted by Crippen LogP contribution is -2.34. The van der Waals surface area contributed by atoms with Crippen LogP contribution in [0.5, 0.6) is 0 Å². The van der Waals surface area contributed by atoms with Crippen LogP contribution in [-0.4, -0.2) is 33.3 Å². The third-order valence-electron chi connectivity index (χ3n) is 3.70. The second-order valence-electron chi connectivity index (χ2n) is 6.19. The van der Waals surface area contributed by atoms with Gasteiger partial charge in [0.1, 0.15) is 0 Å². The third kappa shape index (κ3) is 6.19. The Morgan fingerprint density at radius 1 is 0.926 bits per heavy atom. The molecule has 0 heterocycles. The summed E-state index contributed by atoms with van der Waals surface area (Å²) in [7, 11) is -3.59. The second kappa shape index (κ2) is 9.29. The molecule has 27 heavy (non-hydrogen) atoms. The predicted molar refractivity (Wildman–Crippen MR) is 104 cm³/mol. The molecule has 0 saturated heterocycles. The van der Waals surface area contributed by atoms with Gasteiger partial charge in [-0.3, -0.25) is 9.59 Å². The summed E-state index contributed by atoms with van der Waals surface area (Å²) in [5, 5.41) is 5.39. The molecule has 144 valence electrons. The number of hydrogen-bond donors (Lipinski definition) is 3. The van der Waals surface area contributed by atoms with Crippen molar-refractivity contribution in [2.45, 2.75) is 18.7 Å². The topological polar surface area (TPSA) is 104 Å². The average molecular weight is 389 g/mol. The van der Waals surface area contributed by atoms with Crippen LogP contribution in [-0.2, 0) is 14.8 Å². The summed E-state index contributed by atoms with van der Waals surface area (Å²) in [6.45, 7) is 3.81. The summed E-state index contributed by atoms with van der Waals surface area (Å²) < 4.78 is 26.6. The average Bonchev–Trinajstić information content (AvgIpc) is 2.66. The van der Waals surface area contributed by atoms with Crippen LogP contribution in [0.1, 0.15) is 24.2 Å². The summed E-state index contributed by atoms with van der Waals surface area (Å²) in [6.07, 6.45) is 0. The number of carbonyl (C=O) groups excluding carboxylic acids is 2. The molecule has 0 saturated carbocycles. The first-order valence-electron chi connectivity index (χ1n) is 8.53. The summed E-state index contributed by atoms with van der Waals surface area (Å²) in [5.74, 6) is -0.554. The van der Waals surface area contributed by atoms with Gasteiger partial charge in [0.25, 0.3) is 5.91 Å². The first-order chi connectivity index (χ1) is 12.8. The molecule has 2 amide bonds. The number of sulfonamides is 1. The minimum atomic E-state index is -3.59. The van der Waals surface area contributed by atoms with Crippen LogP contribution in [0.2, 0.25) is 0 Å². The fourth-order valence-electron chi connectivity index (χ4n) is 2.14. The lowest BCUT2D eigenvalue weighted by molar-refractivity contribution is -0.118. The van der Waals surface area contributed by atoms with E-state index in [-0.39, 0.29) is 35.7 Å². The lowest BCUT2D eigenvalue weighted by Gasteiger charge is -2.10. The summed E-state index contributed by atoms with van der Waals surface area (Å²) in [5.41, 5.74) is 1.03. The third-order valence-corrected chi connectivity index (χ3v) is 5.17. The smallest absolute Gasteiger partial charge is 0.251 e. The maximum atomic E-state index is 12.1. The molecule has 0 aliphatic rings. The lowest BCUT2D eigenvalue weighted by atomic mass is 10.1. The molecule has 0 atom stereocenters. The maximum Gasteiger partial charge on any atom is 0.251 e. The van der Waals surface area contributed by atoms with Crippen LogP contribution in [0.4, 0.5) is 5.69 Å². The Bertz CT molecular complexity index is 879. The molecule has 0 spiro atoms. The molecular formula is C19H23N3O4S. The number of benzene rings is 2. The van der Waals surface area contributed by atoms with E-state index in [1.165, 1.54) is 12.1 Å². The maximum absolute atomic E-state index is 12.1. The van der Waals surface area contributed by atoms with E-state index in [9.17, 15) is 18.0 Å². The number of nitrogens with one attached hydrogen (secondary N) is 3.